The van der Waals surface area contributed by atoms with Gasteiger partial charge in [0.15, 0.2) is 0 Å². The molecule has 1 radical (unpaired) electrons. The molecule has 2 rings (SSSR count). The van der Waals surface area contributed by atoms with Gasteiger partial charge in [0.05, 0.1) is 0 Å². The number of anilines is 1. The zero-order chi connectivity index (χ0) is 9.64. The van der Waals surface area contributed by atoms with Crippen LogP contribution in [0.25, 0.3) is 0 Å². The van der Waals surface area contributed by atoms with Crippen molar-refractivity contribution in [3.63, 3.8) is 0 Å². The molecule has 0 spiro atoms. The fourth-order valence-corrected chi connectivity index (χ4v) is 1.30. The predicted molar refractivity (Wildman–Crippen MR) is 59.0 cm³/mol. The average molecular weight is 182 g/mol. The highest BCUT2D eigenvalue weighted by Crippen LogP contribution is 2.07. The summed E-state index contributed by atoms with van der Waals surface area (Å²) >= 11 is 0. The molecule has 0 bridgehead atoms. The Bertz CT molecular complexity index is 327. The summed E-state index contributed by atoms with van der Waals surface area (Å²) in [6, 6.07) is 21.2. The van der Waals surface area contributed by atoms with Crippen molar-refractivity contribution >= 4 is 5.69 Å². The van der Waals surface area contributed by atoms with Crippen LogP contribution in [-0.4, -0.2) is 0 Å². The molecule has 0 saturated carbocycles. The zero-order valence-electron chi connectivity index (χ0n) is 7.90. The summed E-state index contributed by atoms with van der Waals surface area (Å²) in [6.45, 7) is 0.860. The van der Waals surface area contributed by atoms with Gasteiger partial charge in [-0.25, -0.2) is 0 Å². The van der Waals surface area contributed by atoms with Crippen LogP contribution in [0.5, 0.6) is 0 Å². The summed E-state index contributed by atoms with van der Waals surface area (Å²) in [5, 5.41) is 3.33. The maximum absolute atomic E-state index is 3.33. The van der Waals surface area contributed by atoms with Crippen LogP contribution in [0.1, 0.15) is 5.56 Å². The number of nitrogens with one attached hydrogen (secondary N) is 1. The van der Waals surface area contributed by atoms with E-state index in [1.54, 1.807) is 0 Å². The van der Waals surface area contributed by atoms with Crippen LogP contribution in [0.2, 0.25) is 0 Å². The van der Waals surface area contributed by atoms with Crippen LogP contribution >= 0.6 is 0 Å². The topological polar surface area (TPSA) is 12.0 Å². The molecule has 0 unspecified atom stereocenters. The van der Waals surface area contributed by atoms with Crippen molar-refractivity contribution in [2.75, 3.05) is 5.32 Å². The highest BCUT2D eigenvalue weighted by atomic mass is 14.9. The Kier molecular flexibility index (Phi) is 2.82. The van der Waals surface area contributed by atoms with Crippen LogP contribution in [-0.2, 0) is 6.54 Å². The van der Waals surface area contributed by atoms with E-state index in [1.165, 1.54) is 5.56 Å². The molecule has 0 heterocycles. The number of hydrogen-bond donors (Lipinski definition) is 1. The first-order valence-corrected chi connectivity index (χ1v) is 4.69. The molecule has 0 saturated heterocycles. The predicted octanol–water partition coefficient (Wildman–Crippen LogP) is 3.10. The molecule has 2 aromatic carbocycles. The SMILES string of the molecule is [c]1cccc(NCc2ccccc2)c1. The molecule has 2 aromatic rings. The molecule has 0 aromatic heterocycles. The second kappa shape index (κ2) is 4.47. The van der Waals surface area contributed by atoms with Crippen LogP contribution < -0.4 is 5.32 Å². The number of hydrogen-bond acceptors (Lipinski definition) is 1. The van der Waals surface area contributed by atoms with Crippen molar-refractivity contribution in [2.24, 2.45) is 0 Å². The van der Waals surface area contributed by atoms with Gasteiger partial charge in [0, 0.05) is 12.2 Å². The van der Waals surface area contributed by atoms with Crippen molar-refractivity contribution in [3.05, 3.63) is 66.2 Å². The van der Waals surface area contributed by atoms with Gasteiger partial charge in [-0.2, -0.15) is 0 Å². The normalized spacial score (nSPS) is 9.71. The Morgan fingerprint density at radius 2 is 1.86 bits per heavy atom. The van der Waals surface area contributed by atoms with Crippen LogP contribution in [0.3, 0.4) is 0 Å². The maximum atomic E-state index is 3.33. The van der Waals surface area contributed by atoms with Gasteiger partial charge >= 0.3 is 0 Å². The van der Waals surface area contributed by atoms with Crippen molar-refractivity contribution in [1.82, 2.24) is 0 Å². The van der Waals surface area contributed by atoms with Gasteiger partial charge in [-0.15, -0.1) is 0 Å². The Hall–Kier alpha value is -1.76. The lowest BCUT2D eigenvalue weighted by atomic mass is 10.2. The third-order valence-corrected chi connectivity index (χ3v) is 2.05. The Morgan fingerprint density at radius 1 is 1.00 bits per heavy atom. The maximum Gasteiger partial charge on any atom is 0.0400 e. The Morgan fingerprint density at radius 3 is 2.57 bits per heavy atom. The van der Waals surface area contributed by atoms with E-state index in [0.29, 0.717) is 0 Å². The third kappa shape index (κ3) is 2.36. The zero-order valence-corrected chi connectivity index (χ0v) is 7.90. The summed E-state index contributed by atoms with van der Waals surface area (Å²) < 4.78 is 0. The van der Waals surface area contributed by atoms with E-state index in [1.807, 2.05) is 42.5 Å². The van der Waals surface area contributed by atoms with Crippen LogP contribution in [0.4, 0.5) is 5.69 Å². The molecule has 1 heteroatoms. The lowest BCUT2D eigenvalue weighted by molar-refractivity contribution is 1.15. The van der Waals surface area contributed by atoms with Gasteiger partial charge in [0.25, 0.3) is 0 Å². The van der Waals surface area contributed by atoms with Crippen molar-refractivity contribution < 1.29 is 0 Å². The van der Waals surface area contributed by atoms with E-state index in [2.05, 4.69) is 23.5 Å². The van der Waals surface area contributed by atoms with Gasteiger partial charge in [0.2, 0.25) is 0 Å². The van der Waals surface area contributed by atoms with Crippen LogP contribution in [0.15, 0.2) is 54.6 Å². The molecule has 0 aliphatic heterocycles. The summed E-state index contributed by atoms with van der Waals surface area (Å²) in [6.07, 6.45) is 0. The van der Waals surface area contributed by atoms with Gasteiger partial charge in [0.1, 0.15) is 0 Å². The highest BCUT2D eigenvalue weighted by molar-refractivity contribution is 5.42. The fraction of sp³-hybridized carbons (Fsp3) is 0.0769. The molecule has 0 fully saturated rings. The van der Waals surface area contributed by atoms with E-state index >= 15 is 0 Å². The van der Waals surface area contributed by atoms with Gasteiger partial charge in [-0.05, 0) is 23.8 Å². The smallest absolute Gasteiger partial charge is 0.0400 e. The number of rotatable bonds is 3. The first-order valence-electron chi connectivity index (χ1n) is 4.69. The lowest BCUT2D eigenvalue weighted by Gasteiger charge is -2.05. The fourth-order valence-electron chi connectivity index (χ4n) is 1.30. The van der Waals surface area contributed by atoms with Gasteiger partial charge < -0.3 is 5.32 Å². The lowest BCUT2D eigenvalue weighted by Crippen LogP contribution is -1.98. The molecular weight excluding hydrogens is 170 g/mol. The van der Waals surface area contributed by atoms with Gasteiger partial charge in [-0.1, -0.05) is 42.5 Å². The minimum absolute atomic E-state index is 0.860. The Labute approximate surface area is 84.4 Å². The largest absolute Gasteiger partial charge is 0.381 e. The molecule has 1 nitrogen and oxygen atoms in total. The molecule has 0 amide bonds. The first-order chi connectivity index (χ1) is 6.95. The van der Waals surface area contributed by atoms with E-state index in [4.69, 9.17) is 0 Å². The highest BCUT2D eigenvalue weighted by Gasteiger charge is 1.90. The summed E-state index contributed by atoms with van der Waals surface area (Å²) in [5.74, 6) is 0. The first kappa shape index (κ1) is 8.82. The minimum atomic E-state index is 0.860. The van der Waals surface area contributed by atoms with E-state index < -0.39 is 0 Å². The summed E-state index contributed by atoms with van der Waals surface area (Å²) in [7, 11) is 0. The van der Waals surface area contributed by atoms with Crippen molar-refractivity contribution in [1.29, 1.82) is 0 Å². The number of benzene rings is 2. The Balaban J connectivity index is 1.96. The van der Waals surface area contributed by atoms with Gasteiger partial charge in [-0.3, -0.25) is 0 Å². The quantitative estimate of drug-likeness (QED) is 0.769. The van der Waals surface area contributed by atoms with E-state index in [-0.39, 0.29) is 0 Å². The molecule has 0 aliphatic carbocycles. The standard InChI is InChI=1S/C13H12N/c1-3-7-12(8-4-1)11-14-13-9-5-2-6-10-13/h1-5,7-10,14H,11H2. The molecule has 14 heavy (non-hydrogen) atoms. The molecular formula is C13H12N. The second-order valence-electron chi connectivity index (χ2n) is 3.13. The monoisotopic (exact) mass is 182 g/mol. The molecule has 1 N–H and O–H groups in total. The van der Waals surface area contributed by atoms with E-state index in [9.17, 15) is 0 Å². The molecule has 0 aliphatic rings. The van der Waals surface area contributed by atoms with Crippen molar-refractivity contribution in [2.45, 2.75) is 6.54 Å². The summed E-state index contributed by atoms with van der Waals surface area (Å²) in [5.41, 5.74) is 2.40. The molecule has 0 atom stereocenters. The van der Waals surface area contributed by atoms with Crippen molar-refractivity contribution in [3.8, 4) is 0 Å². The summed E-state index contributed by atoms with van der Waals surface area (Å²) in [4.78, 5) is 0. The van der Waals surface area contributed by atoms with Crippen LogP contribution in [0, 0.1) is 6.07 Å². The second-order valence-corrected chi connectivity index (χ2v) is 3.13. The third-order valence-electron chi connectivity index (χ3n) is 2.05. The average Bonchev–Trinajstić information content (AvgIpc) is 2.29. The minimum Gasteiger partial charge on any atom is -0.381 e. The molecule has 69 valence electrons. The van der Waals surface area contributed by atoms with E-state index in [0.717, 1.165) is 12.2 Å².